The Labute approximate surface area is 116 Å². The average Bonchev–Trinajstić information content (AvgIpc) is 2.53. The second-order valence-corrected chi connectivity index (χ2v) is 4.31. The lowest BCUT2D eigenvalue weighted by Crippen LogP contribution is -1.97. The minimum atomic E-state index is 0.386. The predicted octanol–water partition coefficient (Wildman–Crippen LogP) is 3.08. The van der Waals surface area contributed by atoms with Gasteiger partial charge in [0.2, 0.25) is 0 Å². The molecule has 4 nitrogen and oxygen atoms in total. The van der Waals surface area contributed by atoms with Crippen LogP contribution in [0.25, 0.3) is 10.9 Å². The van der Waals surface area contributed by atoms with Gasteiger partial charge in [0.05, 0.1) is 11.7 Å². The third-order valence-corrected chi connectivity index (χ3v) is 2.91. The second-order valence-electron chi connectivity index (χ2n) is 4.31. The van der Waals surface area contributed by atoms with E-state index in [4.69, 9.17) is 10.00 Å². The number of para-hydroxylation sites is 1. The molecule has 2 heterocycles. The van der Waals surface area contributed by atoms with Crippen molar-refractivity contribution in [3.8, 4) is 11.8 Å². The summed E-state index contributed by atoms with van der Waals surface area (Å²) in [5.74, 6) is 0.707. The molecule has 3 rings (SSSR count). The fourth-order valence-electron chi connectivity index (χ4n) is 1.92. The zero-order valence-electron chi connectivity index (χ0n) is 10.7. The summed E-state index contributed by atoms with van der Waals surface area (Å²) < 4.78 is 5.70. The molecule has 96 valence electrons. The molecule has 0 atom stereocenters. The first-order valence-electron chi connectivity index (χ1n) is 6.18. The third-order valence-electron chi connectivity index (χ3n) is 2.91. The third kappa shape index (κ3) is 2.57. The van der Waals surface area contributed by atoms with Crippen LogP contribution in [0, 0.1) is 11.3 Å². The van der Waals surface area contributed by atoms with E-state index in [1.54, 1.807) is 18.5 Å². The molecule has 0 spiro atoms. The van der Waals surface area contributed by atoms with E-state index >= 15 is 0 Å². The van der Waals surface area contributed by atoms with Crippen molar-refractivity contribution in [3.05, 3.63) is 66.1 Å². The molecule has 0 amide bonds. The number of nitriles is 1. The van der Waals surface area contributed by atoms with Gasteiger partial charge < -0.3 is 4.74 Å². The highest BCUT2D eigenvalue weighted by atomic mass is 16.5. The van der Waals surface area contributed by atoms with E-state index in [1.165, 1.54) is 0 Å². The zero-order chi connectivity index (χ0) is 13.8. The summed E-state index contributed by atoms with van der Waals surface area (Å²) in [4.78, 5) is 8.26. The highest BCUT2D eigenvalue weighted by molar-refractivity contribution is 5.79. The van der Waals surface area contributed by atoms with E-state index in [9.17, 15) is 0 Å². The molecule has 2 aromatic heterocycles. The van der Waals surface area contributed by atoms with Crippen molar-refractivity contribution in [1.29, 1.82) is 5.26 Å². The van der Waals surface area contributed by atoms with E-state index in [-0.39, 0.29) is 0 Å². The monoisotopic (exact) mass is 261 g/mol. The van der Waals surface area contributed by atoms with Crippen molar-refractivity contribution in [2.75, 3.05) is 0 Å². The summed E-state index contributed by atoms with van der Waals surface area (Å²) in [6.07, 6.45) is 3.31. The number of hydrogen-bond donors (Lipinski definition) is 0. The quantitative estimate of drug-likeness (QED) is 0.727. The average molecular weight is 261 g/mol. The Balaban J connectivity index is 1.78. The Kier molecular flexibility index (Phi) is 3.25. The Morgan fingerprint density at radius 3 is 2.90 bits per heavy atom. The van der Waals surface area contributed by atoms with E-state index in [1.807, 2.05) is 42.5 Å². The van der Waals surface area contributed by atoms with Crippen LogP contribution in [0.5, 0.6) is 5.75 Å². The molecule has 0 aliphatic carbocycles. The molecule has 0 bridgehead atoms. The molecule has 0 fully saturated rings. The summed E-state index contributed by atoms with van der Waals surface area (Å²) in [5, 5.41) is 9.84. The Bertz CT molecular complexity index is 793. The number of aromatic nitrogens is 2. The second kappa shape index (κ2) is 5.37. The Hall–Kier alpha value is -2.93. The fraction of sp³-hybridized carbons (Fsp3) is 0.0625. The lowest BCUT2D eigenvalue weighted by Gasteiger charge is -2.07. The lowest BCUT2D eigenvalue weighted by molar-refractivity contribution is 0.305. The van der Waals surface area contributed by atoms with Gasteiger partial charge in [-0.3, -0.25) is 4.98 Å². The van der Waals surface area contributed by atoms with Crippen molar-refractivity contribution in [1.82, 2.24) is 9.97 Å². The molecule has 0 aliphatic heterocycles. The van der Waals surface area contributed by atoms with Crippen LogP contribution in [0.1, 0.15) is 11.3 Å². The van der Waals surface area contributed by atoms with Crippen LogP contribution >= 0.6 is 0 Å². The molecule has 0 unspecified atom stereocenters. The minimum absolute atomic E-state index is 0.386. The summed E-state index contributed by atoms with van der Waals surface area (Å²) in [7, 11) is 0. The molecule has 4 heteroatoms. The number of benzene rings is 1. The topological polar surface area (TPSA) is 58.8 Å². The molecule has 0 saturated heterocycles. The van der Waals surface area contributed by atoms with Crippen LogP contribution in [0.2, 0.25) is 0 Å². The molecular formula is C16H11N3O. The van der Waals surface area contributed by atoms with Gasteiger partial charge in [-0.15, -0.1) is 0 Å². The number of ether oxygens (including phenoxy) is 1. The number of fused-ring (bicyclic) bond motifs is 1. The van der Waals surface area contributed by atoms with Gasteiger partial charge in [-0.25, -0.2) is 4.98 Å². The fourth-order valence-corrected chi connectivity index (χ4v) is 1.92. The molecule has 1 aromatic carbocycles. The Morgan fingerprint density at radius 1 is 1.10 bits per heavy atom. The summed E-state index contributed by atoms with van der Waals surface area (Å²) in [6, 6.07) is 15.4. The SMILES string of the molecule is N#Cc1cc(COc2cnc3ccccc3c2)ccn1. The van der Waals surface area contributed by atoms with Gasteiger partial charge in [-0.1, -0.05) is 18.2 Å². The van der Waals surface area contributed by atoms with E-state index in [2.05, 4.69) is 9.97 Å². The zero-order valence-corrected chi connectivity index (χ0v) is 10.7. The van der Waals surface area contributed by atoms with E-state index in [0.29, 0.717) is 18.1 Å². The van der Waals surface area contributed by atoms with E-state index < -0.39 is 0 Å². The summed E-state index contributed by atoms with van der Waals surface area (Å²) in [5.41, 5.74) is 2.24. The van der Waals surface area contributed by atoms with Gasteiger partial charge in [0.25, 0.3) is 0 Å². The molecule has 0 N–H and O–H groups in total. The largest absolute Gasteiger partial charge is 0.487 e. The molecule has 0 saturated carbocycles. The predicted molar refractivity (Wildman–Crippen MR) is 75.0 cm³/mol. The van der Waals surface area contributed by atoms with Gasteiger partial charge in [0.1, 0.15) is 24.1 Å². The highest BCUT2D eigenvalue weighted by Crippen LogP contribution is 2.18. The van der Waals surface area contributed by atoms with Crippen molar-refractivity contribution >= 4 is 10.9 Å². The highest BCUT2D eigenvalue weighted by Gasteiger charge is 2.00. The first-order chi connectivity index (χ1) is 9.85. The van der Waals surface area contributed by atoms with Crippen LogP contribution in [-0.2, 0) is 6.61 Å². The van der Waals surface area contributed by atoms with Crippen molar-refractivity contribution in [3.63, 3.8) is 0 Å². The maximum atomic E-state index is 8.80. The first kappa shape index (κ1) is 12.1. The number of rotatable bonds is 3. The maximum Gasteiger partial charge on any atom is 0.140 e. The summed E-state index contributed by atoms with van der Waals surface area (Å²) >= 11 is 0. The van der Waals surface area contributed by atoms with E-state index in [0.717, 1.165) is 16.5 Å². The van der Waals surface area contributed by atoms with Crippen LogP contribution in [0.15, 0.2) is 54.9 Å². The van der Waals surface area contributed by atoms with Gasteiger partial charge in [-0.05, 0) is 29.8 Å². The maximum absolute atomic E-state index is 8.80. The Morgan fingerprint density at radius 2 is 2.00 bits per heavy atom. The first-order valence-corrected chi connectivity index (χ1v) is 6.18. The minimum Gasteiger partial charge on any atom is -0.487 e. The summed E-state index contributed by atoms with van der Waals surface area (Å²) in [6.45, 7) is 0.386. The van der Waals surface area contributed by atoms with Crippen LogP contribution in [0.3, 0.4) is 0 Å². The number of pyridine rings is 2. The molecule has 20 heavy (non-hydrogen) atoms. The molecule has 0 aliphatic rings. The smallest absolute Gasteiger partial charge is 0.140 e. The molecule has 3 aromatic rings. The molecular weight excluding hydrogens is 250 g/mol. The van der Waals surface area contributed by atoms with Crippen molar-refractivity contribution in [2.45, 2.75) is 6.61 Å². The number of nitrogens with zero attached hydrogens (tertiary/aromatic N) is 3. The lowest BCUT2D eigenvalue weighted by atomic mass is 10.2. The standard InChI is InChI=1S/C16H11N3O/c17-9-14-7-12(5-6-18-14)11-20-15-8-13-3-1-2-4-16(13)19-10-15/h1-8,10H,11H2. The van der Waals surface area contributed by atoms with Crippen molar-refractivity contribution < 1.29 is 4.74 Å². The van der Waals surface area contributed by atoms with Gasteiger partial charge >= 0.3 is 0 Å². The van der Waals surface area contributed by atoms with Gasteiger partial charge in [-0.2, -0.15) is 5.26 Å². The van der Waals surface area contributed by atoms with Crippen LogP contribution in [0.4, 0.5) is 0 Å². The molecule has 0 radical (unpaired) electrons. The van der Waals surface area contributed by atoms with Crippen molar-refractivity contribution in [2.24, 2.45) is 0 Å². The normalized spacial score (nSPS) is 10.2. The van der Waals surface area contributed by atoms with Crippen LogP contribution in [-0.4, -0.2) is 9.97 Å². The van der Waals surface area contributed by atoms with Gasteiger partial charge in [0, 0.05) is 11.6 Å². The number of hydrogen-bond acceptors (Lipinski definition) is 4. The van der Waals surface area contributed by atoms with Crippen LogP contribution < -0.4 is 4.74 Å². The van der Waals surface area contributed by atoms with Gasteiger partial charge in [0.15, 0.2) is 0 Å².